The van der Waals surface area contributed by atoms with Crippen molar-refractivity contribution in [2.75, 3.05) is 5.32 Å². The average Bonchev–Trinajstić information content (AvgIpc) is 2.81. The van der Waals surface area contributed by atoms with Gasteiger partial charge in [0.1, 0.15) is 23.6 Å². The minimum Gasteiger partial charge on any atom is -0.457 e. The Bertz CT molecular complexity index is 1210. The molecule has 2 atom stereocenters. The normalized spacial score (nSPS) is 13.0. The fourth-order valence-corrected chi connectivity index (χ4v) is 3.43. The molecule has 0 fully saturated rings. The standard InChI is InChI=1S/C26H22ClF3N2O3/c1-16(2)24(32-22-12-11-18(14-21(22)27)26(28,29)30)25(33)35-23(15-31)17-7-6-10-20(13-17)34-19-8-4-3-5-9-19/h3-14,16,23-24,32H,1-2H3/t23-,24+/m0/s1. The van der Waals surface area contributed by atoms with Crippen molar-refractivity contribution in [3.05, 3.63) is 88.9 Å². The zero-order valence-electron chi connectivity index (χ0n) is 18.8. The SMILES string of the molecule is CC(C)[C@@H](Nc1ccc(C(F)(F)F)cc1Cl)C(=O)O[C@@H](C#N)c1cccc(Oc2ccccc2)c1. The number of alkyl halides is 3. The van der Waals surface area contributed by atoms with Gasteiger partial charge in [0.05, 0.1) is 16.3 Å². The van der Waals surface area contributed by atoms with E-state index in [1.54, 1.807) is 50.2 Å². The van der Waals surface area contributed by atoms with E-state index in [0.717, 1.165) is 18.2 Å². The van der Waals surface area contributed by atoms with E-state index < -0.39 is 29.9 Å². The van der Waals surface area contributed by atoms with E-state index in [-0.39, 0.29) is 16.6 Å². The first-order valence-corrected chi connectivity index (χ1v) is 11.0. The van der Waals surface area contributed by atoms with Crippen LogP contribution in [0.1, 0.15) is 31.1 Å². The van der Waals surface area contributed by atoms with E-state index in [1.165, 1.54) is 0 Å². The Hall–Kier alpha value is -3.70. The zero-order valence-corrected chi connectivity index (χ0v) is 19.6. The van der Waals surface area contributed by atoms with Crippen LogP contribution in [0.4, 0.5) is 18.9 Å². The van der Waals surface area contributed by atoms with Crippen LogP contribution in [0.3, 0.4) is 0 Å². The number of nitrogens with zero attached hydrogens (tertiary/aromatic N) is 1. The molecule has 0 bridgehead atoms. The van der Waals surface area contributed by atoms with E-state index in [2.05, 4.69) is 5.32 Å². The number of hydrogen-bond acceptors (Lipinski definition) is 5. The molecule has 182 valence electrons. The number of carbonyl (C=O) groups is 1. The van der Waals surface area contributed by atoms with Gasteiger partial charge in [0.15, 0.2) is 0 Å². The van der Waals surface area contributed by atoms with Crippen molar-refractivity contribution in [1.82, 2.24) is 0 Å². The van der Waals surface area contributed by atoms with Gasteiger partial charge in [0.2, 0.25) is 6.10 Å². The maximum Gasteiger partial charge on any atom is 0.416 e. The highest BCUT2D eigenvalue weighted by Gasteiger charge is 2.32. The van der Waals surface area contributed by atoms with Crippen LogP contribution in [0.15, 0.2) is 72.8 Å². The molecule has 0 saturated heterocycles. The molecule has 0 saturated carbocycles. The van der Waals surface area contributed by atoms with E-state index in [4.69, 9.17) is 21.1 Å². The van der Waals surface area contributed by atoms with Crippen LogP contribution in [0, 0.1) is 17.2 Å². The molecule has 0 aliphatic heterocycles. The smallest absolute Gasteiger partial charge is 0.416 e. The molecule has 3 aromatic rings. The first-order chi connectivity index (χ1) is 16.6. The second kappa shape index (κ2) is 11.2. The fourth-order valence-electron chi connectivity index (χ4n) is 3.20. The Morgan fingerprint density at radius 3 is 2.29 bits per heavy atom. The lowest BCUT2D eigenvalue weighted by Gasteiger charge is -2.24. The van der Waals surface area contributed by atoms with Crippen molar-refractivity contribution in [2.24, 2.45) is 5.92 Å². The van der Waals surface area contributed by atoms with Gasteiger partial charge in [-0.25, -0.2) is 4.79 Å². The molecule has 5 nitrogen and oxygen atoms in total. The van der Waals surface area contributed by atoms with Gasteiger partial charge in [-0.1, -0.05) is 55.8 Å². The summed E-state index contributed by atoms with van der Waals surface area (Å²) in [5, 5.41) is 12.3. The minimum absolute atomic E-state index is 0.141. The van der Waals surface area contributed by atoms with Crippen molar-refractivity contribution in [2.45, 2.75) is 32.2 Å². The lowest BCUT2D eigenvalue weighted by atomic mass is 10.0. The van der Waals surface area contributed by atoms with Crippen LogP contribution < -0.4 is 10.1 Å². The van der Waals surface area contributed by atoms with E-state index >= 15 is 0 Å². The highest BCUT2D eigenvalue weighted by atomic mass is 35.5. The number of para-hydroxylation sites is 1. The number of ether oxygens (including phenoxy) is 2. The lowest BCUT2D eigenvalue weighted by Crippen LogP contribution is -2.36. The summed E-state index contributed by atoms with van der Waals surface area (Å²) < 4.78 is 50.0. The number of rotatable bonds is 8. The predicted octanol–water partition coefficient (Wildman–Crippen LogP) is 7.40. The number of benzene rings is 3. The van der Waals surface area contributed by atoms with Crippen LogP contribution >= 0.6 is 11.6 Å². The van der Waals surface area contributed by atoms with Crippen molar-refractivity contribution in [3.63, 3.8) is 0 Å². The Labute approximate surface area is 206 Å². The molecule has 0 aromatic heterocycles. The molecule has 9 heteroatoms. The third kappa shape index (κ3) is 6.90. The van der Waals surface area contributed by atoms with Crippen LogP contribution in [0.25, 0.3) is 0 Å². The number of hydrogen-bond donors (Lipinski definition) is 1. The molecule has 0 heterocycles. The third-order valence-electron chi connectivity index (χ3n) is 5.02. The highest BCUT2D eigenvalue weighted by Crippen LogP contribution is 2.34. The van der Waals surface area contributed by atoms with Gasteiger partial charge in [-0.05, 0) is 48.4 Å². The van der Waals surface area contributed by atoms with Gasteiger partial charge < -0.3 is 14.8 Å². The van der Waals surface area contributed by atoms with E-state index in [0.29, 0.717) is 17.1 Å². The molecular formula is C26H22ClF3N2O3. The largest absolute Gasteiger partial charge is 0.457 e. The van der Waals surface area contributed by atoms with Crippen LogP contribution in [0.2, 0.25) is 5.02 Å². The van der Waals surface area contributed by atoms with E-state index in [1.807, 2.05) is 24.3 Å². The lowest BCUT2D eigenvalue weighted by molar-refractivity contribution is -0.149. The summed E-state index contributed by atoms with van der Waals surface area (Å²) in [5.41, 5.74) is -0.356. The summed E-state index contributed by atoms with van der Waals surface area (Å²) in [5.74, 6) is -0.0161. The van der Waals surface area contributed by atoms with Crippen molar-refractivity contribution in [1.29, 1.82) is 5.26 Å². The third-order valence-corrected chi connectivity index (χ3v) is 5.33. The predicted molar refractivity (Wildman–Crippen MR) is 126 cm³/mol. The fraction of sp³-hybridized carbons (Fsp3) is 0.231. The second-order valence-electron chi connectivity index (χ2n) is 7.99. The molecule has 0 radical (unpaired) electrons. The van der Waals surface area contributed by atoms with Gasteiger partial charge in [-0.2, -0.15) is 18.4 Å². The Kier molecular flexibility index (Phi) is 8.26. The number of nitriles is 1. The van der Waals surface area contributed by atoms with Crippen molar-refractivity contribution < 1.29 is 27.4 Å². The summed E-state index contributed by atoms with van der Waals surface area (Å²) in [4.78, 5) is 13.0. The Morgan fingerprint density at radius 2 is 1.69 bits per heavy atom. The topological polar surface area (TPSA) is 71.3 Å². The molecule has 0 aliphatic rings. The van der Waals surface area contributed by atoms with E-state index in [9.17, 15) is 23.2 Å². The molecule has 1 N–H and O–H groups in total. The molecule has 0 amide bonds. The molecular weight excluding hydrogens is 481 g/mol. The second-order valence-corrected chi connectivity index (χ2v) is 8.40. The quantitative estimate of drug-likeness (QED) is 0.325. The summed E-state index contributed by atoms with van der Waals surface area (Å²) in [7, 11) is 0. The maximum atomic E-state index is 13.0. The summed E-state index contributed by atoms with van der Waals surface area (Å²) >= 11 is 6.02. The molecule has 0 unspecified atom stereocenters. The summed E-state index contributed by atoms with van der Waals surface area (Å²) in [6.45, 7) is 3.46. The number of carbonyl (C=O) groups excluding carboxylic acids is 1. The van der Waals surface area contributed by atoms with Gasteiger partial charge in [0.25, 0.3) is 0 Å². The van der Waals surface area contributed by atoms with Gasteiger partial charge in [-0.15, -0.1) is 0 Å². The molecule has 3 rings (SSSR count). The first kappa shape index (κ1) is 25.9. The molecule has 0 spiro atoms. The Morgan fingerprint density at radius 1 is 1.00 bits per heavy atom. The highest BCUT2D eigenvalue weighted by molar-refractivity contribution is 6.33. The number of nitrogens with one attached hydrogen (secondary N) is 1. The van der Waals surface area contributed by atoms with Crippen molar-refractivity contribution >= 4 is 23.3 Å². The first-order valence-electron chi connectivity index (χ1n) is 10.6. The number of halogens is 4. The van der Waals surface area contributed by atoms with Gasteiger partial charge in [0, 0.05) is 5.56 Å². The van der Waals surface area contributed by atoms with Crippen molar-refractivity contribution in [3.8, 4) is 17.6 Å². The average molecular weight is 503 g/mol. The maximum absolute atomic E-state index is 13.0. The van der Waals surface area contributed by atoms with Gasteiger partial charge >= 0.3 is 12.1 Å². The van der Waals surface area contributed by atoms with Crippen LogP contribution in [-0.2, 0) is 15.7 Å². The molecule has 3 aromatic carbocycles. The zero-order chi connectivity index (χ0) is 25.6. The summed E-state index contributed by atoms with van der Waals surface area (Å²) in [6, 6.07) is 19.4. The molecule has 0 aliphatic carbocycles. The van der Waals surface area contributed by atoms with Crippen LogP contribution in [-0.4, -0.2) is 12.0 Å². The van der Waals surface area contributed by atoms with Crippen LogP contribution in [0.5, 0.6) is 11.5 Å². The minimum atomic E-state index is -4.54. The number of esters is 1. The monoisotopic (exact) mass is 502 g/mol. The summed E-state index contributed by atoms with van der Waals surface area (Å²) in [6.07, 6.45) is -5.77. The molecule has 35 heavy (non-hydrogen) atoms. The van der Waals surface area contributed by atoms with Gasteiger partial charge in [-0.3, -0.25) is 0 Å². The Balaban J connectivity index is 1.75. The number of anilines is 1.